The Morgan fingerprint density at radius 3 is 2.56 bits per heavy atom. The first-order valence-corrected chi connectivity index (χ1v) is 7.74. The van der Waals surface area contributed by atoms with E-state index in [1.807, 2.05) is 0 Å². The Balaban J connectivity index is 2.97. The number of anilines is 1. The van der Waals surface area contributed by atoms with Crippen LogP contribution in [0.1, 0.15) is 13.8 Å². The fraction of sp³-hybridized carbons (Fsp3) is 0.364. The summed E-state index contributed by atoms with van der Waals surface area (Å²) >= 11 is 3.19. The minimum Gasteiger partial charge on any atom is -0.398 e. The van der Waals surface area contributed by atoms with Crippen LogP contribution in [-0.4, -0.2) is 26.1 Å². The highest BCUT2D eigenvalue weighted by molar-refractivity contribution is 9.10. The molecule has 0 spiro atoms. The number of hydrogen-bond acceptors (Lipinski definition) is 4. The molecule has 1 amide bonds. The predicted molar refractivity (Wildman–Crippen MR) is 73.9 cm³/mol. The van der Waals surface area contributed by atoms with Crippen LogP contribution in [0.25, 0.3) is 0 Å². The lowest BCUT2D eigenvalue weighted by Gasteiger charge is -2.10. The van der Waals surface area contributed by atoms with Gasteiger partial charge in [0.05, 0.1) is 10.6 Å². The van der Waals surface area contributed by atoms with Gasteiger partial charge in [-0.3, -0.25) is 4.79 Å². The van der Waals surface area contributed by atoms with Crippen LogP contribution in [0, 0.1) is 0 Å². The number of rotatable bonds is 4. The molecule has 0 bridgehead atoms. The first kappa shape index (κ1) is 15.0. The predicted octanol–water partition coefficient (Wildman–Crippen LogP) is 1.33. The third-order valence-corrected chi connectivity index (χ3v) is 4.26. The Labute approximate surface area is 115 Å². The van der Waals surface area contributed by atoms with Gasteiger partial charge in [-0.1, -0.05) is 15.9 Å². The van der Waals surface area contributed by atoms with E-state index < -0.39 is 21.5 Å². The van der Waals surface area contributed by atoms with Crippen molar-refractivity contribution in [3.63, 3.8) is 0 Å². The highest BCUT2D eigenvalue weighted by atomic mass is 79.9. The van der Waals surface area contributed by atoms with Crippen molar-refractivity contribution in [1.82, 2.24) is 5.32 Å². The highest BCUT2D eigenvalue weighted by Crippen LogP contribution is 2.23. The average Bonchev–Trinajstić information content (AvgIpc) is 2.13. The second-order valence-electron chi connectivity index (χ2n) is 4.16. The molecular weight excluding hydrogens is 320 g/mol. The molecule has 7 heteroatoms. The molecule has 0 aliphatic carbocycles. The number of carbonyl (C=O) groups is 1. The average molecular weight is 335 g/mol. The quantitative estimate of drug-likeness (QED) is 0.813. The lowest BCUT2D eigenvalue weighted by atomic mass is 10.3. The first-order chi connectivity index (χ1) is 8.22. The maximum atomic E-state index is 12.0. The molecule has 1 aromatic rings. The van der Waals surface area contributed by atoms with E-state index in [1.165, 1.54) is 12.1 Å². The number of hydrogen-bond donors (Lipinski definition) is 2. The van der Waals surface area contributed by atoms with Crippen molar-refractivity contribution < 1.29 is 13.2 Å². The Morgan fingerprint density at radius 1 is 1.44 bits per heavy atom. The van der Waals surface area contributed by atoms with Crippen LogP contribution >= 0.6 is 15.9 Å². The van der Waals surface area contributed by atoms with Gasteiger partial charge in [-0.2, -0.15) is 0 Å². The molecule has 0 aliphatic heterocycles. The smallest absolute Gasteiger partial charge is 0.235 e. The lowest BCUT2D eigenvalue weighted by molar-refractivity contribution is -0.119. The van der Waals surface area contributed by atoms with E-state index in [0.717, 1.165) is 0 Å². The zero-order chi connectivity index (χ0) is 13.9. The molecule has 0 heterocycles. The molecule has 1 aromatic carbocycles. The maximum absolute atomic E-state index is 12.0. The van der Waals surface area contributed by atoms with Crippen LogP contribution in [0.3, 0.4) is 0 Å². The Morgan fingerprint density at radius 2 is 2.06 bits per heavy atom. The van der Waals surface area contributed by atoms with Gasteiger partial charge in [0.15, 0.2) is 9.84 Å². The van der Waals surface area contributed by atoms with Crippen LogP contribution < -0.4 is 11.1 Å². The SMILES string of the molecule is CC(C)NC(=O)CS(=O)(=O)c1ccc(Br)cc1N. The molecule has 18 heavy (non-hydrogen) atoms. The molecule has 3 N–H and O–H groups in total. The van der Waals surface area contributed by atoms with E-state index >= 15 is 0 Å². The van der Waals surface area contributed by atoms with Gasteiger partial charge in [-0.25, -0.2) is 8.42 Å². The normalized spacial score (nSPS) is 11.6. The number of nitrogens with one attached hydrogen (secondary N) is 1. The van der Waals surface area contributed by atoms with E-state index in [9.17, 15) is 13.2 Å². The van der Waals surface area contributed by atoms with Gasteiger partial charge in [-0.05, 0) is 32.0 Å². The Hall–Kier alpha value is -1.08. The molecular formula is C11H15BrN2O3S. The van der Waals surface area contributed by atoms with Crippen molar-refractivity contribution in [2.24, 2.45) is 0 Å². The van der Waals surface area contributed by atoms with Gasteiger partial charge in [-0.15, -0.1) is 0 Å². The van der Waals surface area contributed by atoms with E-state index in [-0.39, 0.29) is 16.6 Å². The molecule has 5 nitrogen and oxygen atoms in total. The fourth-order valence-corrected chi connectivity index (χ4v) is 3.07. The monoisotopic (exact) mass is 334 g/mol. The van der Waals surface area contributed by atoms with Crippen molar-refractivity contribution in [2.45, 2.75) is 24.8 Å². The highest BCUT2D eigenvalue weighted by Gasteiger charge is 2.22. The number of benzene rings is 1. The van der Waals surface area contributed by atoms with E-state index in [1.54, 1.807) is 19.9 Å². The van der Waals surface area contributed by atoms with E-state index in [2.05, 4.69) is 21.2 Å². The standard InChI is InChI=1S/C11H15BrN2O3S/c1-7(2)14-11(15)6-18(16,17)10-4-3-8(12)5-9(10)13/h3-5,7H,6,13H2,1-2H3,(H,14,15). The fourth-order valence-electron chi connectivity index (χ4n) is 1.42. The van der Waals surface area contributed by atoms with E-state index in [4.69, 9.17) is 5.73 Å². The van der Waals surface area contributed by atoms with Gasteiger partial charge < -0.3 is 11.1 Å². The van der Waals surface area contributed by atoms with E-state index in [0.29, 0.717) is 4.47 Å². The van der Waals surface area contributed by atoms with Gasteiger partial charge >= 0.3 is 0 Å². The summed E-state index contributed by atoms with van der Waals surface area (Å²) in [7, 11) is -3.71. The van der Waals surface area contributed by atoms with Crippen molar-refractivity contribution in [2.75, 3.05) is 11.5 Å². The second-order valence-corrected chi connectivity index (χ2v) is 7.04. The molecule has 0 aliphatic rings. The topological polar surface area (TPSA) is 89.3 Å². The summed E-state index contributed by atoms with van der Waals surface area (Å²) in [5.74, 6) is -1.14. The largest absolute Gasteiger partial charge is 0.398 e. The summed E-state index contributed by atoms with van der Waals surface area (Å²) in [6.07, 6.45) is 0. The lowest BCUT2D eigenvalue weighted by Crippen LogP contribution is -2.35. The zero-order valence-corrected chi connectivity index (χ0v) is 12.5. The molecule has 0 radical (unpaired) electrons. The number of amides is 1. The maximum Gasteiger partial charge on any atom is 0.235 e. The second kappa shape index (κ2) is 5.71. The molecule has 0 aromatic heterocycles. The number of nitrogen functional groups attached to an aromatic ring is 1. The summed E-state index contributed by atoms with van der Waals surface area (Å²) in [5.41, 5.74) is 5.77. The van der Waals surface area contributed by atoms with Crippen molar-refractivity contribution in [3.8, 4) is 0 Å². The number of halogens is 1. The van der Waals surface area contributed by atoms with Crippen molar-refractivity contribution >= 4 is 37.4 Å². The summed E-state index contributed by atoms with van der Waals surface area (Å²) in [6.45, 7) is 3.52. The first-order valence-electron chi connectivity index (χ1n) is 5.29. The number of carbonyl (C=O) groups excluding carboxylic acids is 1. The van der Waals surface area contributed by atoms with Gasteiger partial charge in [0, 0.05) is 10.5 Å². The summed E-state index contributed by atoms with van der Waals surface area (Å²) < 4.78 is 24.7. The van der Waals surface area contributed by atoms with Crippen LogP contribution in [0.15, 0.2) is 27.6 Å². The Bertz CT molecular complexity index is 555. The van der Waals surface area contributed by atoms with Gasteiger partial charge in [0.2, 0.25) is 5.91 Å². The minimum atomic E-state index is -3.71. The van der Waals surface area contributed by atoms with Crippen LogP contribution in [0.5, 0.6) is 0 Å². The molecule has 1 rings (SSSR count). The molecule has 0 unspecified atom stereocenters. The third kappa shape index (κ3) is 3.99. The van der Waals surface area contributed by atoms with Crippen LogP contribution in [0.2, 0.25) is 0 Å². The third-order valence-electron chi connectivity index (χ3n) is 2.08. The van der Waals surface area contributed by atoms with Crippen molar-refractivity contribution in [3.05, 3.63) is 22.7 Å². The summed E-state index contributed by atoms with van der Waals surface area (Å²) in [5, 5.41) is 2.53. The molecule has 0 saturated heterocycles. The van der Waals surface area contributed by atoms with Crippen molar-refractivity contribution in [1.29, 1.82) is 0 Å². The summed E-state index contributed by atoms with van der Waals surface area (Å²) in [4.78, 5) is 11.5. The number of nitrogens with two attached hydrogens (primary N) is 1. The molecule has 100 valence electrons. The molecule has 0 atom stereocenters. The van der Waals surface area contributed by atoms with Gasteiger partial charge in [0.1, 0.15) is 5.75 Å². The molecule has 0 saturated carbocycles. The zero-order valence-electron chi connectivity index (χ0n) is 10.1. The van der Waals surface area contributed by atoms with Crippen LogP contribution in [-0.2, 0) is 14.6 Å². The molecule has 0 fully saturated rings. The van der Waals surface area contributed by atoms with Crippen LogP contribution in [0.4, 0.5) is 5.69 Å². The Kier molecular flexibility index (Phi) is 4.75. The summed E-state index contributed by atoms with van der Waals surface area (Å²) in [6, 6.07) is 4.35. The minimum absolute atomic E-state index is 0.0235. The van der Waals surface area contributed by atoms with Gasteiger partial charge in [0.25, 0.3) is 0 Å². The number of sulfone groups is 1.